The van der Waals surface area contributed by atoms with Gasteiger partial charge < -0.3 is 0 Å². The molecular weight excluding hydrogens is 123 g/mol. The molecule has 2 nitrogen and oxygen atoms in total. The van der Waals surface area contributed by atoms with E-state index in [0.29, 0.717) is 0 Å². The Bertz CT molecular complexity index is 74.5. The highest BCUT2D eigenvalue weighted by Crippen LogP contribution is 2.54. The van der Waals surface area contributed by atoms with Gasteiger partial charge in [-0.15, -0.1) is 0 Å². The van der Waals surface area contributed by atoms with Gasteiger partial charge in [0.2, 0.25) is 0 Å². The number of hydrogen-bond donors (Lipinski definition) is 1. The fourth-order valence-electron chi connectivity index (χ4n) is 0.833. The largest absolute Gasteiger partial charge is 0.268 e. The molecule has 3 heteroatoms. The molecule has 0 aromatic carbocycles. The fraction of sp³-hybridized carbons (Fsp3) is 1.00. The van der Waals surface area contributed by atoms with Crippen molar-refractivity contribution in [2.24, 2.45) is 0 Å². The predicted octanol–water partition coefficient (Wildman–Crippen LogP) is 1.27. The predicted molar refractivity (Wildman–Crippen MR) is 35.1 cm³/mol. The molecule has 1 N–H and O–H groups in total. The fourth-order valence-corrected chi connectivity index (χ4v) is 2.29. The van der Waals surface area contributed by atoms with Crippen LogP contribution in [0.3, 0.4) is 0 Å². The summed E-state index contributed by atoms with van der Waals surface area (Å²) in [4.78, 5) is 9.26. The van der Waals surface area contributed by atoms with E-state index in [-0.39, 0.29) is 0 Å². The summed E-state index contributed by atoms with van der Waals surface area (Å²) in [6.45, 7) is 2.59. The average molecular weight is 135 g/mol. The molecule has 1 saturated heterocycles. The van der Waals surface area contributed by atoms with Crippen molar-refractivity contribution < 1.29 is 9.42 Å². The van der Waals surface area contributed by atoms with E-state index in [9.17, 15) is 4.89 Å². The third kappa shape index (κ3) is 1.70. The van der Waals surface area contributed by atoms with Crippen LogP contribution in [-0.2, 0) is 4.52 Å². The Morgan fingerprint density at radius 3 is 2.50 bits per heavy atom. The third-order valence-electron chi connectivity index (χ3n) is 1.34. The summed E-state index contributed by atoms with van der Waals surface area (Å²) in [5.41, 5.74) is 0. The standard InChI is InChI=1S/C5H12O2P/c1-8(6)5-3-2-4-7-8/h6H,2-5H2,1H3/q+1. The summed E-state index contributed by atoms with van der Waals surface area (Å²) < 4.78 is 5.13. The van der Waals surface area contributed by atoms with Crippen molar-refractivity contribution >= 4 is 7.72 Å². The minimum atomic E-state index is -1.84. The van der Waals surface area contributed by atoms with Crippen LogP contribution in [0, 0.1) is 0 Å². The topological polar surface area (TPSA) is 29.5 Å². The lowest BCUT2D eigenvalue weighted by Crippen LogP contribution is -2.08. The van der Waals surface area contributed by atoms with Crippen LogP contribution in [-0.4, -0.2) is 24.3 Å². The van der Waals surface area contributed by atoms with Gasteiger partial charge in [-0.2, -0.15) is 0 Å². The van der Waals surface area contributed by atoms with Crippen LogP contribution in [0.5, 0.6) is 0 Å². The van der Waals surface area contributed by atoms with Gasteiger partial charge in [-0.25, -0.2) is 9.42 Å². The molecule has 48 valence electrons. The normalized spacial score (nSPS) is 39.8. The first kappa shape index (κ1) is 6.47. The Balaban J connectivity index is 2.33. The summed E-state index contributed by atoms with van der Waals surface area (Å²) >= 11 is 0. The number of rotatable bonds is 0. The molecule has 0 radical (unpaired) electrons. The Morgan fingerprint density at radius 2 is 2.25 bits per heavy atom. The second-order valence-electron chi connectivity index (χ2n) is 2.31. The van der Waals surface area contributed by atoms with Crippen molar-refractivity contribution in [3.05, 3.63) is 0 Å². The zero-order valence-electron chi connectivity index (χ0n) is 5.13. The summed E-state index contributed by atoms with van der Waals surface area (Å²) in [6.07, 6.45) is 3.16. The van der Waals surface area contributed by atoms with Gasteiger partial charge in [0.15, 0.2) is 0 Å². The lowest BCUT2D eigenvalue weighted by atomic mass is 10.4. The first-order valence-corrected chi connectivity index (χ1v) is 5.23. The first-order chi connectivity index (χ1) is 3.71. The van der Waals surface area contributed by atoms with E-state index in [1.165, 1.54) is 0 Å². The van der Waals surface area contributed by atoms with Crippen LogP contribution in [0.25, 0.3) is 0 Å². The molecule has 1 aliphatic rings. The second kappa shape index (κ2) is 2.30. The van der Waals surface area contributed by atoms with Crippen LogP contribution < -0.4 is 0 Å². The quantitative estimate of drug-likeness (QED) is 0.507. The molecule has 1 fully saturated rings. The number of hydrogen-bond acceptors (Lipinski definition) is 2. The van der Waals surface area contributed by atoms with Crippen LogP contribution in [0.1, 0.15) is 12.8 Å². The maximum Gasteiger partial charge on any atom is 0.268 e. The lowest BCUT2D eigenvalue weighted by molar-refractivity contribution is 0.268. The van der Waals surface area contributed by atoms with E-state index in [0.717, 1.165) is 25.6 Å². The maximum atomic E-state index is 9.26. The lowest BCUT2D eigenvalue weighted by Gasteiger charge is -2.17. The summed E-state index contributed by atoms with van der Waals surface area (Å²) in [7, 11) is -1.84. The maximum absolute atomic E-state index is 9.26. The third-order valence-corrected chi connectivity index (χ3v) is 3.22. The van der Waals surface area contributed by atoms with E-state index < -0.39 is 7.72 Å². The zero-order chi connectivity index (χ0) is 6.04. The van der Waals surface area contributed by atoms with Crippen molar-refractivity contribution in [2.75, 3.05) is 19.4 Å². The highest BCUT2D eigenvalue weighted by Gasteiger charge is 2.32. The Kier molecular flexibility index (Phi) is 1.86. The molecular formula is C5H12O2P+. The van der Waals surface area contributed by atoms with Crippen LogP contribution in [0.15, 0.2) is 0 Å². The smallest absolute Gasteiger partial charge is 0.220 e. The van der Waals surface area contributed by atoms with Gasteiger partial charge in [-0.05, 0) is 12.8 Å². The monoisotopic (exact) mass is 135 g/mol. The molecule has 1 unspecified atom stereocenters. The Morgan fingerprint density at radius 1 is 1.50 bits per heavy atom. The van der Waals surface area contributed by atoms with Crippen molar-refractivity contribution in [1.82, 2.24) is 0 Å². The minimum absolute atomic E-state index is 0.765. The van der Waals surface area contributed by atoms with E-state index in [2.05, 4.69) is 0 Å². The van der Waals surface area contributed by atoms with Crippen molar-refractivity contribution in [3.63, 3.8) is 0 Å². The molecule has 1 heterocycles. The van der Waals surface area contributed by atoms with Gasteiger partial charge in [0.1, 0.15) is 12.8 Å². The molecule has 0 aromatic rings. The molecule has 0 amide bonds. The van der Waals surface area contributed by atoms with Gasteiger partial charge in [0, 0.05) is 0 Å². The van der Waals surface area contributed by atoms with Crippen molar-refractivity contribution in [1.29, 1.82) is 0 Å². The van der Waals surface area contributed by atoms with Crippen LogP contribution >= 0.6 is 7.72 Å². The second-order valence-corrected chi connectivity index (χ2v) is 5.12. The average Bonchev–Trinajstić information content (AvgIpc) is 1.65. The van der Waals surface area contributed by atoms with Gasteiger partial charge in [-0.3, -0.25) is 0 Å². The van der Waals surface area contributed by atoms with Crippen molar-refractivity contribution in [3.8, 4) is 0 Å². The molecule has 1 atom stereocenters. The first-order valence-electron chi connectivity index (χ1n) is 2.93. The van der Waals surface area contributed by atoms with Crippen molar-refractivity contribution in [2.45, 2.75) is 12.8 Å². The Hall–Kier alpha value is 0.350. The SMILES string of the molecule is C[P+]1(O)CCCCO1. The van der Waals surface area contributed by atoms with Gasteiger partial charge in [-0.1, -0.05) is 0 Å². The highest BCUT2D eigenvalue weighted by molar-refractivity contribution is 7.64. The van der Waals surface area contributed by atoms with Gasteiger partial charge in [0.25, 0.3) is 7.72 Å². The van der Waals surface area contributed by atoms with Crippen LogP contribution in [0.2, 0.25) is 0 Å². The van der Waals surface area contributed by atoms with Crippen LogP contribution in [0.4, 0.5) is 0 Å². The summed E-state index contributed by atoms with van der Waals surface area (Å²) in [5.74, 6) is 0. The Labute approximate surface area is 50.4 Å². The van der Waals surface area contributed by atoms with E-state index in [1.54, 1.807) is 0 Å². The molecule has 0 spiro atoms. The molecule has 0 saturated carbocycles. The molecule has 0 aromatic heterocycles. The molecule has 0 aliphatic carbocycles. The van der Waals surface area contributed by atoms with E-state index in [1.807, 2.05) is 6.66 Å². The van der Waals surface area contributed by atoms with Gasteiger partial charge in [0.05, 0.1) is 6.61 Å². The molecule has 0 bridgehead atoms. The van der Waals surface area contributed by atoms with Gasteiger partial charge >= 0.3 is 0 Å². The molecule has 1 aliphatic heterocycles. The highest BCUT2D eigenvalue weighted by atomic mass is 31.2. The summed E-state index contributed by atoms with van der Waals surface area (Å²) in [5, 5.41) is 0. The van der Waals surface area contributed by atoms with E-state index >= 15 is 0 Å². The minimum Gasteiger partial charge on any atom is -0.220 e. The summed E-state index contributed by atoms with van der Waals surface area (Å²) in [6, 6.07) is 0. The molecule has 1 rings (SSSR count). The zero-order valence-corrected chi connectivity index (χ0v) is 6.03. The van der Waals surface area contributed by atoms with E-state index in [4.69, 9.17) is 4.52 Å². The molecule has 8 heavy (non-hydrogen) atoms.